The molecule has 0 aliphatic carbocycles. The molecule has 2 aromatic carbocycles. The maximum atomic E-state index is 13.5. The van der Waals surface area contributed by atoms with E-state index in [1.54, 1.807) is 6.07 Å². The van der Waals surface area contributed by atoms with Gasteiger partial charge in [0, 0.05) is 0 Å². The molecule has 154 valence electrons. The Morgan fingerprint density at radius 3 is 2.24 bits per heavy atom. The average Bonchev–Trinajstić information content (AvgIpc) is 3.04. The fraction of sp³-hybridized carbons (Fsp3) is 0.348. The lowest BCUT2D eigenvalue weighted by Crippen LogP contribution is -2.10. The van der Waals surface area contributed by atoms with Crippen LogP contribution in [0.3, 0.4) is 0 Å². The molecular weight excluding hydrogens is 377 g/mol. The monoisotopic (exact) mass is 402 g/mol. The highest BCUT2D eigenvalue weighted by Gasteiger charge is 2.38. The third-order valence-corrected chi connectivity index (χ3v) is 4.65. The average molecular weight is 402 g/mol. The standard InChI is InChI=1S/C23H25F3N2O/c1-15(2)11-18-6-8-19(9-7-18)14-29-22-20(23(24,25)26)13-27-28(22)21-10-5-16(3)12-17(21)4/h5-10,12-13,15H,11,14H2,1-4H3. The number of nitrogens with zero attached hydrogens (tertiary/aromatic N) is 2. The highest BCUT2D eigenvalue weighted by atomic mass is 19.4. The van der Waals surface area contributed by atoms with Gasteiger partial charge in [-0.15, -0.1) is 0 Å². The number of hydrogen-bond acceptors (Lipinski definition) is 2. The molecule has 3 aromatic rings. The first-order valence-electron chi connectivity index (χ1n) is 9.58. The number of alkyl halides is 3. The van der Waals surface area contributed by atoms with Crippen molar-refractivity contribution in [2.45, 2.75) is 46.9 Å². The van der Waals surface area contributed by atoms with Crippen LogP contribution in [0, 0.1) is 19.8 Å². The minimum Gasteiger partial charge on any atom is -0.472 e. The zero-order chi connectivity index (χ0) is 21.2. The molecular formula is C23H25F3N2O. The SMILES string of the molecule is Cc1ccc(-n2ncc(C(F)(F)F)c2OCc2ccc(CC(C)C)cc2)c(C)c1. The van der Waals surface area contributed by atoms with Gasteiger partial charge >= 0.3 is 6.18 Å². The van der Waals surface area contributed by atoms with Gasteiger partial charge in [0.15, 0.2) is 0 Å². The summed E-state index contributed by atoms with van der Waals surface area (Å²) < 4.78 is 47.4. The topological polar surface area (TPSA) is 27.1 Å². The van der Waals surface area contributed by atoms with Gasteiger partial charge in [-0.1, -0.05) is 55.8 Å². The molecule has 0 aliphatic heterocycles. The van der Waals surface area contributed by atoms with Crippen molar-refractivity contribution in [1.82, 2.24) is 9.78 Å². The van der Waals surface area contributed by atoms with Crippen LogP contribution in [0.1, 0.15) is 41.7 Å². The second kappa shape index (κ2) is 8.31. The number of halogens is 3. The van der Waals surface area contributed by atoms with E-state index in [-0.39, 0.29) is 12.5 Å². The van der Waals surface area contributed by atoms with E-state index in [1.165, 1.54) is 10.2 Å². The van der Waals surface area contributed by atoms with E-state index in [1.807, 2.05) is 50.2 Å². The molecule has 1 aromatic heterocycles. The summed E-state index contributed by atoms with van der Waals surface area (Å²) >= 11 is 0. The summed E-state index contributed by atoms with van der Waals surface area (Å²) in [6.45, 7) is 8.09. The van der Waals surface area contributed by atoms with Crippen molar-refractivity contribution in [1.29, 1.82) is 0 Å². The Hall–Kier alpha value is -2.76. The molecule has 29 heavy (non-hydrogen) atoms. The lowest BCUT2D eigenvalue weighted by molar-refractivity contribution is -0.139. The van der Waals surface area contributed by atoms with Gasteiger partial charge in [-0.2, -0.15) is 18.3 Å². The van der Waals surface area contributed by atoms with Gasteiger partial charge < -0.3 is 4.74 Å². The number of aromatic nitrogens is 2. The van der Waals surface area contributed by atoms with Crippen LogP contribution >= 0.6 is 0 Å². The second-order valence-corrected chi connectivity index (χ2v) is 7.77. The molecule has 0 amide bonds. The number of benzene rings is 2. The summed E-state index contributed by atoms with van der Waals surface area (Å²) in [5.74, 6) is 0.245. The number of hydrogen-bond donors (Lipinski definition) is 0. The highest BCUT2D eigenvalue weighted by molar-refractivity contribution is 5.46. The fourth-order valence-electron chi connectivity index (χ4n) is 3.28. The van der Waals surface area contributed by atoms with Crippen LogP contribution < -0.4 is 4.74 Å². The fourth-order valence-corrected chi connectivity index (χ4v) is 3.28. The van der Waals surface area contributed by atoms with Crippen LogP contribution in [-0.2, 0) is 19.2 Å². The van der Waals surface area contributed by atoms with Crippen LogP contribution in [0.2, 0.25) is 0 Å². The van der Waals surface area contributed by atoms with Gasteiger partial charge in [0.25, 0.3) is 0 Å². The number of rotatable bonds is 6. The summed E-state index contributed by atoms with van der Waals surface area (Å²) in [5.41, 5.74) is 3.53. The van der Waals surface area contributed by atoms with E-state index < -0.39 is 11.7 Å². The predicted molar refractivity (Wildman–Crippen MR) is 107 cm³/mol. The van der Waals surface area contributed by atoms with Crippen molar-refractivity contribution in [2.75, 3.05) is 0 Å². The molecule has 3 nitrogen and oxygen atoms in total. The molecule has 0 fully saturated rings. The molecule has 0 saturated heterocycles. The van der Waals surface area contributed by atoms with Crippen LogP contribution in [-0.4, -0.2) is 9.78 Å². The molecule has 6 heteroatoms. The second-order valence-electron chi connectivity index (χ2n) is 7.77. The Morgan fingerprint density at radius 2 is 1.66 bits per heavy atom. The van der Waals surface area contributed by atoms with Gasteiger partial charge in [0.05, 0.1) is 11.9 Å². The van der Waals surface area contributed by atoms with Crippen molar-refractivity contribution in [3.8, 4) is 11.6 Å². The smallest absolute Gasteiger partial charge is 0.423 e. The Balaban J connectivity index is 1.90. The van der Waals surface area contributed by atoms with E-state index in [9.17, 15) is 13.2 Å². The van der Waals surface area contributed by atoms with E-state index in [0.717, 1.165) is 29.3 Å². The van der Waals surface area contributed by atoms with Gasteiger partial charge in [-0.05, 0) is 48.9 Å². The quantitative estimate of drug-likeness (QED) is 0.485. The Labute approximate surface area is 169 Å². The summed E-state index contributed by atoms with van der Waals surface area (Å²) in [5, 5.41) is 3.97. The first kappa shape index (κ1) is 21.0. The van der Waals surface area contributed by atoms with E-state index in [2.05, 4.69) is 18.9 Å². The summed E-state index contributed by atoms with van der Waals surface area (Å²) in [7, 11) is 0. The Bertz CT molecular complexity index is 973. The minimum atomic E-state index is -4.55. The van der Waals surface area contributed by atoms with Crippen LogP contribution in [0.25, 0.3) is 5.69 Å². The molecule has 0 aliphatic rings. The lowest BCUT2D eigenvalue weighted by Gasteiger charge is -2.15. The Morgan fingerprint density at radius 1 is 1.00 bits per heavy atom. The first-order chi connectivity index (χ1) is 13.6. The van der Waals surface area contributed by atoms with Gasteiger partial charge in [0.2, 0.25) is 5.88 Å². The molecule has 1 heterocycles. The van der Waals surface area contributed by atoms with E-state index in [4.69, 9.17) is 4.74 Å². The zero-order valence-electron chi connectivity index (χ0n) is 17.0. The normalized spacial score (nSPS) is 11.9. The molecule has 0 bridgehead atoms. The van der Waals surface area contributed by atoms with E-state index >= 15 is 0 Å². The molecule has 3 rings (SSSR count). The molecule has 0 N–H and O–H groups in total. The lowest BCUT2D eigenvalue weighted by atomic mass is 10.0. The minimum absolute atomic E-state index is 0.0294. The van der Waals surface area contributed by atoms with Crippen molar-refractivity contribution in [3.63, 3.8) is 0 Å². The molecule has 0 spiro atoms. The summed E-state index contributed by atoms with van der Waals surface area (Å²) in [6.07, 6.45) is -2.77. The third-order valence-electron chi connectivity index (χ3n) is 4.65. The first-order valence-corrected chi connectivity index (χ1v) is 9.58. The van der Waals surface area contributed by atoms with Gasteiger partial charge in [-0.25, -0.2) is 4.68 Å². The maximum Gasteiger partial charge on any atom is 0.423 e. The molecule has 0 atom stereocenters. The van der Waals surface area contributed by atoms with Crippen molar-refractivity contribution in [3.05, 3.63) is 76.5 Å². The Kier molecular flexibility index (Phi) is 6.01. The van der Waals surface area contributed by atoms with Crippen LogP contribution in [0.5, 0.6) is 5.88 Å². The van der Waals surface area contributed by atoms with Gasteiger partial charge in [-0.3, -0.25) is 0 Å². The number of aryl methyl sites for hydroxylation is 2. The highest BCUT2D eigenvalue weighted by Crippen LogP contribution is 2.38. The van der Waals surface area contributed by atoms with Crippen molar-refractivity contribution < 1.29 is 17.9 Å². The van der Waals surface area contributed by atoms with E-state index in [0.29, 0.717) is 11.6 Å². The van der Waals surface area contributed by atoms with Crippen LogP contribution in [0.15, 0.2) is 48.7 Å². The van der Waals surface area contributed by atoms with Crippen molar-refractivity contribution in [2.24, 2.45) is 5.92 Å². The van der Waals surface area contributed by atoms with Gasteiger partial charge in [0.1, 0.15) is 12.2 Å². The maximum absolute atomic E-state index is 13.5. The molecule has 0 radical (unpaired) electrons. The molecule has 0 saturated carbocycles. The third kappa shape index (κ3) is 5.00. The summed E-state index contributed by atoms with van der Waals surface area (Å²) in [4.78, 5) is 0. The molecule has 0 unspecified atom stereocenters. The van der Waals surface area contributed by atoms with Crippen LogP contribution in [0.4, 0.5) is 13.2 Å². The summed E-state index contributed by atoms with van der Waals surface area (Å²) in [6, 6.07) is 13.3. The largest absolute Gasteiger partial charge is 0.472 e. The van der Waals surface area contributed by atoms with Crippen molar-refractivity contribution >= 4 is 0 Å². The number of ether oxygens (including phenoxy) is 1. The zero-order valence-corrected chi connectivity index (χ0v) is 17.0. The predicted octanol–water partition coefficient (Wildman–Crippen LogP) is 6.29.